The molecule has 0 atom stereocenters. The molecule has 4 N–H and O–H groups in total. The molecule has 1 aliphatic rings. The maximum atomic E-state index is 5.31. The Labute approximate surface area is 90.7 Å². The predicted octanol–water partition coefficient (Wildman–Crippen LogP) is -0.234. The van der Waals surface area contributed by atoms with Crippen molar-refractivity contribution in [2.75, 3.05) is 26.8 Å². The molecule has 0 aromatic carbocycles. The van der Waals surface area contributed by atoms with Gasteiger partial charge in [0, 0.05) is 26.8 Å². The van der Waals surface area contributed by atoms with Crippen molar-refractivity contribution in [3.05, 3.63) is 0 Å². The monoisotopic (exact) mass is 218 g/mol. The van der Waals surface area contributed by atoms with Crippen LogP contribution >= 0.6 is 12.2 Å². The Hall–Kier alpha value is -0.390. The molecule has 4 nitrogen and oxygen atoms in total. The molecule has 0 aromatic heterocycles. The van der Waals surface area contributed by atoms with E-state index in [1.54, 1.807) is 0 Å². The van der Waals surface area contributed by atoms with Gasteiger partial charge in [0.05, 0.1) is 0 Å². The summed E-state index contributed by atoms with van der Waals surface area (Å²) in [5.41, 5.74) is 2.74. The van der Waals surface area contributed by atoms with Crippen molar-refractivity contribution in [1.29, 1.82) is 0 Å². The summed E-state index contributed by atoms with van der Waals surface area (Å²) in [5.74, 6) is 4.35. The summed E-state index contributed by atoms with van der Waals surface area (Å²) in [4.78, 5) is 2.04. The second-order valence-corrected chi connectivity index (χ2v) is 4.13. The van der Waals surface area contributed by atoms with Crippen LogP contribution in [0.4, 0.5) is 0 Å². The van der Waals surface area contributed by atoms with Crippen molar-refractivity contribution >= 4 is 17.3 Å². The van der Waals surface area contributed by atoms with Crippen LogP contribution in [0.3, 0.4) is 0 Å². The molecular weight excluding hydrogens is 198 g/mol. The minimum atomic E-state index is 0.719. The van der Waals surface area contributed by atoms with Gasteiger partial charge in [-0.05, 0) is 37.4 Å². The van der Waals surface area contributed by atoms with Crippen molar-refractivity contribution in [3.63, 3.8) is 0 Å². The fraction of sp³-hybridized carbons (Fsp3) is 0.889. The molecule has 0 aromatic rings. The highest BCUT2D eigenvalue weighted by molar-refractivity contribution is 7.80. The smallest absolute Gasteiger partial charge is 0.215 e. The number of nitrogens with zero attached hydrogens (tertiary/aromatic N) is 1. The molecule has 14 heavy (non-hydrogen) atoms. The lowest BCUT2D eigenvalue weighted by atomic mass is 9.96. The van der Waals surface area contributed by atoms with Crippen molar-refractivity contribution < 1.29 is 10.6 Å². The SMILES string of the molecule is CN(CCC1CCOCC1)C(=S)N[NH3+]. The normalized spacial score (nSPS) is 17.9. The molecule has 0 spiro atoms. The molecule has 1 rings (SSSR count). The summed E-state index contributed by atoms with van der Waals surface area (Å²) in [6, 6.07) is 0. The van der Waals surface area contributed by atoms with E-state index in [1.807, 2.05) is 11.9 Å². The number of nitrogens with one attached hydrogen (secondary N) is 1. The van der Waals surface area contributed by atoms with Gasteiger partial charge in [0.2, 0.25) is 5.11 Å². The molecule has 82 valence electrons. The van der Waals surface area contributed by atoms with Crippen LogP contribution in [0.15, 0.2) is 0 Å². The largest absolute Gasteiger partial charge is 0.381 e. The number of ether oxygens (including phenoxy) is 1. The molecule has 1 aliphatic heterocycles. The van der Waals surface area contributed by atoms with Crippen molar-refractivity contribution in [2.45, 2.75) is 19.3 Å². The van der Waals surface area contributed by atoms with Gasteiger partial charge < -0.3 is 9.64 Å². The second-order valence-electron chi connectivity index (χ2n) is 3.75. The minimum Gasteiger partial charge on any atom is -0.381 e. The molecule has 1 fully saturated rings. The van der Waals surface area contributed by atoms with E-state index in [0.29, 0.717) is 0 Å². The van der Waals surface area contributed by atoms with Gasteiger partial charge in [-0.1, -0.05) is 0 Å². The third-order valence-electron chi connectivity index (χ3n) is 2.71. The highest BCUT2D eigenvalue weighted by Crippen LogP contribution is 2.18. The molecule has 1 heterocycles. The van der Waals surface area contributed by atoms with Gasteiger partial charge in [-0.15, -0.1) is 0 Å². The first-order chi connectivity index (χ1) is 6.74. The summed E-state index contributed by atoms with van der Waals surface area (Å²) in [5, 5.41) is 0.719. The van der Waals surface area contributed by atoms with Crippen LogP contribution in [0.25, 0.3) is 0 Å². The molecule has 0 radical (unpaired) electrons. The minimum absolute atomic E-state index is 0.719. The molecule has 0 saturated carbocycles. The first kappa shape index (κ1) is 11.7. The summed E-state index contributed by atoms with van der Waals surface area (Å²) >= 11 is 5.07. The van der Waals surface area contributed by atoms with E-state index in [2.05, 4.69) is 11.3 Å². The third-order valence-corrected chi connectivity index (χ3v) is 3.17. The quantitative estimate of drug-likeness (QED) is 0.507. The molecule has 0 bridgehead atoms. The van der Waals surface area contributed by atoms with Gasteiger partial charge in [0.25, 0.3) is 0 Å². The number of rotatable bonds is 3. The van der Waals surface area contributed by atoms with Gasteiger partial charge in [-0.2, -0.15) is 0 Å². The number of hydrogen-bond acceptors (Lipinski definition) is 2. The van der Waals surface area contributed by atoms with E-state index >= 15 is 0 Å². The Morgan fingerprint density at radius 3 is 2.79 bits per heavy atom. The first-order valence-corrected chi connectivity index (χ1v) is 5.51. The second kappa shape index (κ2) is 6.16. The number of quaternary nitrogens is 1. The number of hydrogen-bond donors (Lipinski definition) is 2. The maximum Gasteiger partial charge on any atom is 0.215 e. The lowest BCUT2D eigenvalue weighted by Gasteiger charge is -2.25. The van der Waals surface area contributed by atoms with Gasteiger partial charge in [0.1, 0.15) is 0 Å². The highest BCUT2D eigenvalue weighted by atomic mass is 32.1. The highest BCUT2D eigenvalue weighted by Gasteiger charge is 2.14. The van der Waals surface area contributed by atoms with E-state index < -0.39 is 0 Å². The average Bonchev–Trinajstić information content (AvgIpc) is 2.26. The summed E-state index contributed by atoms with van der Waals surface area (Å²) in [6.07, 6.45) is 3.58. The van der Waals surface area contributed by atoms with Crippen LogP contribution in [0.1, 0.15) is 19.3 Å². The van der Waals surface area contributed by atoms with E-state index in [-0.39, 0.29) is 0 Å². The Bertz CT molecular complexity index is 183. The van der Waals surface area contributed by atoms with Gasteiger partial charge in [-0.3, -0.25) is 5.84 Å². The van der Waals surface area contributed by atoms with Crippen molar-refractivity contribution in [3.8, 4) is 0 Å². The van der Waals surface area contributed by atoms with Gasteiger partial charge in [0.15, 0.2) is 0 Å². The topological polar surface area (TPSA) is 52.1 Å². The summed E-state index contributed by atoms with van der Waals surface area (Å²) in [7, 11) is 2.00. The van der Waals surface area contributed by atoms with Crippen LogP contribution in [-0.2, 0) is 4.74 Å². The molecule has 0 unspecified atom stereocenters. The van der Waals surface area contributed by atoms with E-state index in [4.69, 9.17) is 17.0 Å². The van der Waals surface area contributed by atoms with Gasteiger partial charge >= 0.3 is 0 Å². The Kier molecular flexibility index (Phi) is 5.14. The molecule has 0 aliphatic carbocycles. The standard InChI is InChI=1S/C9H19N3OS/c1-12(9(14)11-10)5-2-8-3-6-13-7-4-8/h8H,2-7,10H2,1H3,(H,11,14)/p+1. The van der Waals surface area contributed by atoms with E-state index in [1.165, 1.54) is 19.3 Å². The van der Waals surface area contributed by atoms with Crippen LogP contribution in [-0.4, -0.2) is 36.8 Å². The number of thiocarbonyl (C=S) groups is 1. The van der Waals surface area contributed by atoms with Crippen LogP contribution < -0.4 is 11.3 Å². The van der Waals surface area contributed by atoms with Crippen molar-refractivity contribution in [1.82, 2.24) is 10.3 Å². The maximum absolute atomic E-state index is 5.31. The Balaban J connectivity index is 2.15. The lowest BCUT2D eigenvalue weighted by Crippen LogP contribution is -2.69. The zero-order chi connectivity index (χ0) is 10.4. The Morgan fingerprint density at radius 2 is 2.21 bits per heavy atom. The summed E-state index contributed by atoms with van der Waals surface area (Å²) in [6.45, 7) is 2.85. The zero-order valence-electron chi connectivity index (χ0n) is 8.79. The molecule has 1 saturated heterocycles. The first-order valence-electron chi connectivity index (χ1n) is 5.10. The molecular formula is C9H20N3OS+. The van der Waals surface area contributed by atoms with Crippen LogP contribution in [0, 0.1) is 5.92 Å². The van der Waals surface area contributed by atoms with Crippen LogP contribution in [0.5, 0.6) is 0 Å². The summed E-state index contributed by atoms with van der Waals surface area (Å²) < 4.78 is 5.31. The molecule has 5 heteroatoms. The van der Waals surface area contributed by atoms with Crippen molar-refractivity contribution in [2.24, 2.45) is 5.92 Å². The fourth-order valence-electron chi connectivity index (χ4n) is 1.65. The van der Waals surface area contributed by atoms with Crippen LogP contribution in [0.2, 0.25) is 0 Å². The Morgan fingerprint density at radius 1 is 1.57 bits per heavy atom. The average molecular weight is 218 g/mol. The van der Waals surface area contributed by atoms with Gasteiger partial charge in [-0.25, -0.2) is 5.43 Å². The fourth-order valence-corrected chi connectivity index (χ4v) is 1.74. The van der Waals surface area contributed by atoms with E-state index in [9.17, 15) is 0 Å². The lowest BCUT2D eigenvalue weighted by molar-refractivity contribution is -0.420. The van der Waals surface area contributed by atoms with E-state index in [0.717, 1.165) is 30.8 Å². The molecule has 0 amide bonds. The predicted molar refractivity (Wildman–Crippen MR) is 59.4 cm³/mol. The third kappa shape index (κ3) is 3.77. The zero-order valence-corrected chi connectivity index (χ0v) is 9.61.